The summed E-state index contributed by atoms with van der Waals surface area (Å²) in [6.45, 7) is 7.08. The molecule has 0 bridgehead atoms. The number of nitrogens with one attached hydrogen (secondary N) is 2. The summed E-state index contributed by atoms with van der Waals surface area (Å²) in [4.78, 5) is 37.1. The van der Waals surface area contributed by atoms with Gasteiger partial charge in [0.25, 0.3) is 0 Å². The molecule has 0 heterocycles. The Morgan fingerprint density at radius 2 is 1.66 bits per heavy atom. The van der Waals surface area contributed by atoms with Crippen molar-refractivity contribution in [3.05, 3.63) is 24.3 Å². The van der Waals surface area contributed by atoms with Gasteiger partial charge in [0, 0.05) is 24.2 Å². The van der Waals surface area contributed by atoms with E-state index in [9.17, 15) is 29.7 Å². The lowest BCUT2D eigenvalue weighted by Gasteiger charge is -2.62. The molecule has 4 fully saturated rings. The summed E-state index contributed by atoms with van der Waals surface area (Å²) < 4.78 is 0. The van der Waals surface area contributed by atoms with E-state index in [4.69, 9.17) is 5.73 Å². The molecule has 9 heteroatoms. The molecule has 9 nitrogen and oxygen atoms in total. The summed E-state index contributed by atoms with van der Waals surface area (Å²) in [5.41, 5.74) is 7.13. The number of anilines is 2. The number of nitrogens with two attached hydrogens (primary N) is 1. The van der Waals surface area contributed by atoms with Crippen LogP contribution in [0, 0.1) is 46.3 Å². The predicted octanol–water partition coefficient (Wildman–Crippen LogP) is 4.96. The van der Waals surface area contributed by atoms with Crippen LogP contribution >= 0.6 is 0 Å². The highest BCUT2D eigenvalue weighted by Crippen LogP contribution is 2.68. The monoisotopic (exact) mass is 611 g/mol. The Labute approximate surface area is 261 Å². The van der Waals surface area contributed by atoms with Crippen LogP contribution in [0.2, 0.25) is 0 Å². The lowest BCUT2D eigenvalue weighted by Crippen LogP contribution is -2.58. The Bertz CT molecular complexity index is 1220. The summed E-state index contributed by atoms with van der Waals surface area (Å²) in [7, 11) is 0. The number of carbonyl (C=O) groups is 3. The van der Waals surface area contributed by atoms with Gasteiger partial charge in [-0.2, -0.15) is 0 Å². The molecule has 44 heavy (non-hydrogen) atoms. The van der Waals surface area contributed by atoms with Crippen LogP contribution in [0.15, 0.2) is 24.3 Å². The third kappa shape index (κ3) is 6.50. The fourth-order valence-corrected chi connectivity index (χ4v) is 10.4. The molecule has 4 saturated carbocycles. The summed E-state index contributed by atoms with van der Waals surface area (Å²) in [5, 5.41) is 36.9. The van der Waals surface area contributed by atoms with Crippen molar-refractivity contribution in [3.8, 4) is 0 Å². The first kappa shape index (κ1) is 32.7. The van der Waals surface area contributed by atoms with Gasteiger partial charge >= 0.3 is 5.97 Å². The highest BCUT2D eigenvalue weighted by Gasteiger charge is 2.62. The number of carboxylic acids is 1. The van der Waals surface area contributed by atoms with Gasteiger partial charge in [0.15, 0.2) is 0 Å². The van der Waals surface area contributed by atoms with E-state index in [1.54, 1.807) is 24.3 Å². The zero-order valence-electron chi connectivity index (χ0n) is 26.6. The molecule has 0 unspecified atom stereocenters. The van der Waals surface area contributed by atoms with Gasteiger partial charge in [0.05, 0.1) is 12.2 Å². The van der Waals surface area contributed by atoms with Crippen molar-refractivity contribution in [2.45, 2.75) is 116 Å². The number of carbonyl (C=O) groups excluding carboxylic acids is 2. The molecule has 2 amide bonds. The molecular formula is C35H53N3O6. The van der Waals surface area contributed by atoms with E-state index in [-0.39, 0.29) is 54.1 Å². The van der Waals surface area contributed by atoms with Gasteiger partial charge in [0.1, 0.15) is 6.04 Å². The number of fused-ring (bicyclic) bond motifs is 5. The van der Waals surface area contributed by atoms with Gasteiger partial charge in [-0.05, 0) is 129 Å². The summed E-state index contributed by atoms with van der Waals surface area (Å²) in [6.07, 6.45) is 8.33. The van der Waals surface area contributed by atoms with E-state index in [1.807, 2.05) is 0 Å². The minimum absolute atomic E-state index is 0.00320. The third-order valence-corrected chi connectivity index (χ3v) is 12.7. The van der Waals surface area contributed by atoms with Gasteiger partial charge in [-0.1, -0.05) is 26.8 Å². The second-order valence-corrected chi connectivity index (χ2v) is 15.1. The molecule has 0 aromatic heterocycles. The number of rotatable bonds is 10. The van der Waals surface area contributed by atoms with E-state index in [1.165, 1.54) is 0 Å². The second-order valence-electron chi connectivity index (χ2n) is 15.1. The van der Waals surface area contributed by atoms with Crippen LogP contribution in [0.1, 0.15) is 97.8 Å². The van der Waals surface area contributed by atoms with E-state index in [0.29, 0.717) is 53.3 Å². The standard InChI is InChI=1S/C35H53N3O6/c1-20(7-11-31(42)38-28(33(43)44)10-12-30(41)37-23-6-4-5-22(36)19-23)25-8-9-26-32-27(14-16-35(25,26)3)34(2)15-13-24(39)17-21(34)18-29(32)40/h4-6,19-21,24-29,32,39-40H,7-18,36H2,1-3H3,(H,37,41)(H,38,42)(H,43,44)/t20-,21+,24-,25-,26+,27+,28+,29-,32+,34+,35-/m1/s1. The van der Waals surface area contributed by atoms with Crippen LogP contribution in [-0.2, 0) is 14.4 Å². The molecule has 4 aliphatic carbocycles. The molecule has 1 aromatic carbocycles. The van der Waals surface area contributed by atoms with Gasteiger partial charge in [-0.15, -0.1) is 0 Å². The summed E-state index contributed by atoms with van der Waals surface area (Å²) in [6, 6.07) is 5.64. The summed E-state index contributed by atoms with van der Waals surface area (Å²) in [5.74, 6) is 0.640. The number of carboxylic acid groups (broad SMARTS) is 1. The van der Waals surface area contributed by atoms with Crippen LogP contribution in [-0.4, -0.2) is 51.4 Å². The summed E-state index contributed by atoms with van der Waals surface area (Å²) >= 11 is 0. The largest absolute Gasteiger partial charge is 0.480 e. The first-order valence-corrected chi connectivity index (χ1v) is 16.9. The molecule has 4 aliphatic rings. The van der Waals surface area contributed by atoms with Gasteiger partial charge in [0.2, 0.25) is 11.8 Å². The Kier molecular flexibility index (Phi) is 9.66. The molecule has 11 atom stereocenters. The Morgan fingerprint density at radius 1 is 0.955 bits per heavy atom. The van der Waals surface area contributed by atoms with Gasteiger partial charge in [-0.3, -0.25) is 9.59 Å². The molecule has 0 spiro atoms. The Morgan fingerprint density at radius 3 is 2.39 bits per heavy atom. The first-order valence-electron chi connectivity index (χ1n) is 16.9. The average molecular weight is 612 g/mol. The highest BCUT2D eigenvalue weighted by molar-refractivity contribution is 5.92. The van der Waals surface area contributed by atoms with Crippen LogP contribution in [0.4, 0.5) is 11.4 Å². The van der Waals surface area contributed by atoms with E-state index >= 15 is 0 Å². The van der Waals surface area contributed by atoms with Crippen LogP contribution in [0.5, 0.6) is 0 Å². The fourth-order valence-electron chi connectivity index (χ4n) is 10.4. The van der Waals surface area contributed by atoms with Crippen molar-refractivity contribution >= 4 is 29.2 Å². The number of benzene rings is 1. The number of amides is 2. The van der Waals surface area contributed by atoms with Gasteiger partial charge in [-0.25, -0.2) is 4.79 Å². The zero-order valence-corrected chi connectivity index (χ0v) is 26.6. The van der Waals surface area contributed by atoms with Crippen LogP contribution < -0.4 is 16.4 Å². The minimum Gasteiger partial charge on any atom is -0.480 e. The SMILES string of the molecule is C[C@H](CCC(=O)N[C@@H](CCC(=O)Nc1cccc(N)c1)C(=O)O)[C@H]1CC[C@H]2[C@@H]3[C@H](O)C[C@@H]4C[C@H](O)CC[C@]4(C)[C@H]3CC[C@]12C. The highest BCUT2D eigenvalue weighted by atomic mass is 16.4. The molecule has 0 aliphatic heterocycles. The Hall–Kier alpha value is -2.65. The van der Waals surface area contributed by atoms with Crippen LogP contribution in [0.3, 0.4) is 0 Å². The van der Waals surface area contributed by atoms with Crippen molar-refractivity contribution in [1.82, 2.24) is 5.32 Å². The third-order valence-electron chi connectivity index (χ3n) is 12.7. The van der Waals surface area contributed by atoms with Crippen molar-refractivity contribution in [3.63, 3.8) is 0 Å². The van der Waals surface area contributed by atoms with Crippen LogP contribution in [0.25, 0.3) is 0 Å². The number of aliphatic hydroxyl groups is 2. The lowest BCUT2D eigenvalue weighted by atomic mass is 9.43. The molecule has 0 saturated heterocycles. The Balaban J connectivity index is 1.13. The number of aliphatic hydroxyl groups excluding tert-OH is 2. The van der Waals surface area contributed by atoms with E-state index < -0.39 is 12.0 Å². The van der Waals surface area contributed by atoms with E-state index in [0.717, 1.165) is 51.4 Å². The first-order chi connectivity index (χ1) is 20.8. The molecule has 5 rings (SSSR count). The van der Waals surface area contributed by atoms with Crippen molar-refractivity contribution in [2.75, 3.05) is 11.1 Å². The maximum atomic E-state index is 12.9. The number of hydrogen-bond acceptors (Lipinski definition) is 6. The maximum absolute atomic E-state index is 12.9. The second kappa shape index (κ2) is 13.0. The minimum atomic E-state index is -1.15. The normalized spacial score (nSPS) is 37.5. The number of nitrogen functional groups attached to an aromatic ring is 1. The lowest BCUT2D eigenvalue weighted by molar-refractivity contribution is -0.174. The quantitative estimate of drug-likeness (QED) is 0.204. The smallest absolute Gasteiger partial charge is 0.326 e. The predicted molar refractivity (Wildman–Crippen MR) is 169 cm³/mol. The molecule has 0 radical (unpaired) electrons. The molecule has 1 aromatic rings. The topological polar surface area (TPSA) is 162 Å². The zero-order chi connectivity index (χ0) is 31.8. The molecular weight excluding hydrogens is 558 g/mol. The molecule has 244 valence electrons. The van der Waals surface area contributed by atoms with Crippen molar-refractivity contribution < 1.29 is 29.7 Å². The molecule has 7 N–H and O–H groups in total. The van der Waals surface area contributed by atoms with Crippen molar-refractivity contribution in [1.29, 1.82) is 0 Å². The number of hydrogen-bond donors (Lipinski definition) is 6. The van der Waals surface area contributed by atoms with E-state index in [2.05, 4.69) is 31.4 Å². The van der Waals surface area contributed by atoms with Gasteiger partial charge < -0.3 is 31.7 Å². The van der Waals surface area contributed by atoms with Crippen molar-refractivity contribution in [2.24, 2.45) is 46.3 Å². The average Bonchev–Trinajstić information content (AvgIpc) is 3.32. The maximum Gasteiger partial charge on any atom is 0.326 e. The fraction of sp³-hybridized carbons (Fsp3) is 0.743. The number of aliphatic carboxylic acids is 1.